The van der Waals surface area contributed by atoms with E-state index in [4.69, 9.17) is 0 Å². The fourth-order valence-corrected chi connectivity index (χ4v) is 3.02. The van der Waals surface area contributed by atoms with Gasteiger partial charge in [0.15, 0.2) is 0 Å². The molecule has 0 saturated carbocycles. The summed E-state index contributed by atoms with van der Waals surface area (Å²) in [5.41, 5.74) is 0.640. The van der Waals surface area contributed by atoms with E-state index in [0.29, 0.717) is 24.4 Å². The Morgan fingerprint density at radius 2 is 2.00 bits per heavy atom. The second-order valence-corrected chi connectivity index (χ2v) is 7.11. The van der Waals surface area contributed by atoms with Crippen LogP contribution < -0.4 is 5.32 Å². The zero-order chi connectivity index (χ0) is 16.1. The molecule has 0 bridgehead atoms. The summed E-state index contributed by atoms with van der Waals surface area (Å²) in [6.07, 6.45) is 2.56. The van der Waals surface area contributed by atoms with Crippen LogP contribution in [0.3, 0.4) is 0 Å². The van der Waals surface area contributed by atoms with Crippen LogP contribution in [0.15, 0.2) is 28.7 Å². The summed E-state index contributed by atoms with van der Waals surface area (Å²) in [5.74, 6) is 0.483. The van der Waals surface area contributed by atoms with Crippen molar-refractivity contribution in [1.82, 2.24) is 10.2 Å². The number of rotatable bonds is 5. The molecule has 1 saturated heterocycles. The average molecular weight is 367 g/mol. The second-order valence-electron chi connectivity index (χ2n) is 6.20. The van der Waals surface area contributed by atoms with Crippen LogP contribution in [0.25, 0.3) is 0 Å². The Labute approximate surface area is 140 Å². The Balaban J connectivity index is 1.88. The highest BCUT2D eigenvalue weighted by Crippen LogP contribution is 2.19. The molecule has 1 N–H and O–H groups in total. The fourth-order valence-electron chi connectivity index (χ4n) is 2.76. The predicted molar refractivity (Wildman–Crippen MR) is 90.7 cm³/mol. The molecule has 0 aliphatic carbocycles. The van der Waals surface area contributed by atoms with Crippen molar-refractivity contribution in [3.63, 3.8) is 0 Å². The minimum atomic E-state index is -0.0874. The van der Waals surface area contributed by atoms with Gasteiger partial charge >= 0.3 is 0 Å². The van der Waals surface area contributed by atoms with E-state index in [1.807, 2.05) is 17.0 Å². The molecule has 1 aromatic carbocycles. The van der Waals surface area contributed by atoms with Gasteiger partial charge in [0, 0.05) is 35.6 Å². The highest BCUT2D eigenvalue weighted by atomic mass is 79.9. The number of halogens is 1. The van der Waals surface area contributed by atoms with E-state index in [9.17, 15) is 9.59 Å². The van der Waals surface area contributed by atoms with Crippen LogP contribution in [-0.4, -0.2) is 35.8 Å². The number of carbonyl (C=O) groups excluding carboxylic acids is 2. The average Bonchev–Trinajstić information content (AvgIpc) is 2.93. The first-order valence-corrected chi connectivity index (χ1v) is 8.60. The SMILES string of the molecule is CC(C)CC(=O)N1CCCC1CNC(=O)c1ccc(Br)cc1. The van der Waals surface area contributed by atoms with Crippen molar-refractivity contribution in [3.8, 4) is 0 Å². The molecule has 0 spiro atoms. The lowest BCUT2D eigenvalue weighted by molar-refractivity contribution is -0.132. The number of hydrogen-bond acceptors (Lipinski definition) is 2. The molecule has 22 heavy (non-hydrogen) atoms. The van der Waals surface area contributed by atoms with Gasteiger partial charge in [0.25, 0.3) is 5.91 Å². The molecule has 2 amide bonds. The number of benzene rings is 1. The Hall–Kier alpha value is -1.36. The van der Waals surface area contributed by atoms with Crippen LogP contribution in [0.1, 0.15) is 43.5 Å². The molecule has 0 radical (unpaired) electrons. The summed E-state index contributed by atoms with van der Waals surface area (Å²) < 4.78 is 0.949. The van der Waals surface area contributed by atoms with Gasteiger partial charge in [0.05, 0.1) is 0 Å². The van der Waals surface area contributed by atoms with E-state index in [0.717, 1.165) is 23.9 Å². The smallest absolute Gasteiger partial charge is 0.251 e. The van der Waals surface area contributed by atoms with Crippen molar-refractivity contribution < 1.29 is 9.59 Å². The number of amides is 2. The van der Waals surface area contributed by atoms with Crippen molar-refractivity contribution in [2.45, 2.75) is 39.2 Å². The van der Waals surface area contributed by atoms with Crippen LogP contribution in [0.4, 0.5) is 0 Å². The minimum Gasteiger partial charge on any atom is -0.350 e. The van der Waals surface area contributed by atoms with Crippen LogP contribution in [-0.2, 0) is 4.79 Å². The third kappa shape index (κ3) is 4.57. The van der Waals surface area contributed by atoms with Crippen molar-refractivity contribution in [3.05, 3.63) is 34.3 Å². The van der Waals surface area contributed by atoms with Crippen molar-refractivity contribution >= 4 is 27.7 Å². The molecular weight excluding hydrogens is 344 g/mol. The Bertz CT molecular complexity index is 528. The molecule has 1 unspecified atom stereocenters. The van der Waals surface area contributed by atoms with Gasteiger partial charge in [-0.2, -0.15) is 0 Å². The number of nitrogens with zero attached hydrogens (tertiary/aromatic N) is 1. The molecule has 120 valence electrons. The van der Waals surface area contributed by atoms with Gasteiger partial charge in [0.1, 0.15) is 0 Å². The van der Waals surface area contributed by atoms with Gasteiger partial charge in [-0.05, 0) is 43.0 Å². The molecule has 2 rings (SSSR count). The third-order valence-electron chi connectivity index (χ3n) is 3.89. The van der Waals surface area contributed by atoms with Crippen molar-refractivity contribution in [2.24, 2.45) is 5.92 Å². The van der Waals surface area contributed by atoms with E-state index in [-0.39, 0.29) is 17.9 Å². The molecule has 1 fully saturated rings. The maximum absolute atomic E-state index is 12.2. The Morgan fingerprint density at radius 3 is 2.64 bits per heavy atom. The van der Waals surface area contributed by atoms with Gasteiger partial charge in [-0.25, -0.2) is 0 Å². The first-order valence-electron chi connectivity index (χ1n) is 7.80. The molecule has 1 atom stereocenters. The summed E-state index contributed by atoms with van der Waals surface area (Å²) >= 11 is 3.35. The predicted octanol–water partition coefficient (Wildman–Crippen LogP) is 3.22. The molecule has 5 heteroatoms. The van der Waals surface area contributed by atoms with E-state index in [1.165, 1.54) is 0 Å². The van der Waals surface area contributed by atoms with Crippen molar-refractivity contribution in [2.75, 3.05) is 13.1 Å². The monoisotopic (exact) mass is 366 g/mol. The molecule has 1 aliphatic heterocycles. The Kier molecular flexibility index (Phi) is 6.00. The normalized spacial score (nSPS) is 17.8. The van der Waals surface area contributed by atoms with E-state index < -0.39 is 0 Å². The second kappa shape index (κ2) is 7.77. The number of hydrogen-bond donors (Lipinski definition) is 1. The minimum absolute atomic E-state index is 0.0874. The summed E-state index contributed by atoms with van der Waals surface area (Å²) in [4.78, 5) is 26.3. The Morgan fingerprint density at radius 1 is 1.32 bits per heavy atom. The molecular formula is C17H23BrN2O2. The van der Waals surface area contributed by atoms with Crippen LogP contribution >= 0.6 is 15.9 Å². The molecule has 1 aliphatic rings. The van der Waals surface area contributed by atoms with E-state index >= 15 is 0 Å². The maximum atomic E-state index is 12.2. The van der Waals surface area contributed by atoms with E-state index in [1.54, 1.807) is 12.1 Å². The largest absolute Gasteiger partial charge is 0.350 e. The van der Waals surface area contributed by atoms with Crippen LogP contribution in [0.2, 0.25) is 0 Å². The first-order chi connectivity index (χ1) is 10.5. The number of carbonyl (C=O) groups is 2. The lowest BCUT2D eigenvalue weighted by Gasteiger charge is -2.25. The van der Waals surface area contributed by atoms with Gasteiger partial charge in [0.2, 0.25) is 5.91 Å². The highest BCUT2D eigenvalue weighted by molar-refractivity contribution is 9.10. The molecule has 4 nitrogen and oxygen atoms in total. The molecule has 1 heterocycles. The zero-order valence-electron chi connectivity index (χ0n) is 13.1. The molecule has 0 aromatic heterocycles. The quantitative estimate of drug-likeness (QED) is 0.869. The zero-order valence-corrected chi connectivity index (χ0v) is 14.7. The number of nitrogens with one attached hydrogen (secondary N) is 1. The third-order valence-corrected chi connectivity index (χ3v) is 4.41. The number of likely N-dealkylation sites (tertiary alicyclic amines) is 1. The summed E-state index contributed by atoms with van der Waals surface area (Å²) in [7, 11) is 0. The van der Waals surface area contributed by atoms with Crippen LogP contribution in [0, 0.1) is 5.92 Å². The summed E-state index contributed by atoms with van der Waals surface area (Å²) in [5, 5.41) is 2.95. The summed E-state index contributed by atoms with van der Waals surface area (Å²) in [6, 6.07) is 7.41. The standard InChI is InChI=1S/C17H23BrN2O2/c1-12(2)10-16(21)20-9-3-4-15(20)11-19-17(22)13-5-7-14(18)8-6-13/h5-8,12,15H,3-4,9-11H2,1-2H3,(H,19,22). The topological polar surface area (TPSA) is 49.4 Å². The van der Waals surface area contributed by atoms with E-state index in [2.05, 4.69) is 35.1 Å². The lowest BCUT2D eigenvalue weighted by atomic mass is 10.1. The first kappa shape index (κ1) is 17.0. The van der Waals surface area contributed by atoms with Crippen LogP contribution in [0.5, 0.6) is 0 Å². The highest BCUT2D eigenvalue weighted by Gasteiger charge is 2.28. The van der Waals surface area contributed by atoms with Gasteiger partial charge < -0.3 is 10.2 Å². The molecule has 1 aromatic rings. The summed E-state index contributed by atoms with van der Waals surface area (Å²) in [6.45, 7) is 5.44. The fraction of sp³-hybridized carbons (Fsp3) is 0.529. The van der Waals surface area contributed by atoms with Gasteiger partial charge in [-0.1, -0.05) is 29.8 Å². The van der Waals surface area contributed by atoms with Gasteiger partial charge in [-0.3, -0.25) is 9.59 Å². The lowest BCUT2D eigenvalue weighted by Crippen LogP contribution is -2.43. The maximum Gasteiger partial charge on any atom is 0.251 e. The van der Waals surface area contributed by atoms with Gasteiger partial charge in [-0.15, -0.1) is 0 Å². The van der Waals surface area contributed by atoms with Crippen molar-refractivity contribution in [1.29, 1.82) is 0 Å².